The van der Waals surface area contributed by atoms with Gasteiger partial charge in [-0.15, -0.1) is 0 Å². The van der Waals surface area contributed by atoms with Crippen molar-refractivity contribution in [1.82, 2.24) is 4.90 Å². The standard InChI is InChI=1S/C30H34N2O6/c1-5-27-14-13-23(33)32-16-15-28-21-12-11-20(35-3)17-22(21)31(2)24(28)29(26(34)36-4,38-30(27,28)32)25(27)37-18-19-9-7-6-8-10-19/h6-12,17,24-25H,5,13-16,18H2,1-4H3/t24?,25-,27+,28+,29?,30+/m1/s1. The van der Waals surface area contributed by atoms with Gasteiger partial charge in [-0.05, 0) is 36.5 Å². The number of nitrogens with zero attached hydrogens (tertiary/aromatic N) is 2. The van der Waals surface area contributed by atoms with E-state index in [1.807, 2.05) is 54.4 Å². The van der Waals surface area contributed by atoms with Crippen LogP contribution in [0.2, 0.25) is 0 Å². The highest BCUT2D eigenvalue weighted by Crippen LogP contribution is 2.80. The van der Waals surface area contributed by atoms with Crippen molar-refractivity contribution in [3.05, 3.63) is 59.7 Å². The lowest BCUT2D eigenvalue weighted by atomic mass is 9.48. The van der Waals surface area contributed by atoms with Crippen molar-refractivity contribution in [2.24, 2.45) is 5.41 Å². The van der Waals surface area contributed by atoms with Crippen LogP contribution in [0.3, 0.4) is 0 Å². The molecule has 0 saturated carbocycles. The molecule has 4 saturated heterocycles. The third-order valence-electron chi connectivity index (χ3n) is 10.4. The zero-order chi connectivity index (χ0) is 26.5. The molecule has 200 valence electrons. The van der Waals surface area contributed by atoms with Gasteiger partial charge in [-0.25, -0.2) is 4.79 Å². The molecule has 0 aliphatic carbocycles. The molecular weight excluding hydrogens is 484 g/mol. The molecule has 2 aromatic carbocycles. The summed E-state index contributed by atoms with van der Waals surface area (Å²) in [5, 5.41) is 0. The number of carbonyl (C=O) groups excluding carboxylic acids is 2. The van der Waals surface area contributed by atoms with E-state index in [0.717, 1.165) is 22.6 Å². The van der Waals surface area contributed by atoms with Crippen LogP contribution in [0, 0.1) is 5.41 Å². The summed E-state index contributed by atoms with van der Waals surface area (Å²) < 4.78 is 25.2. The fraction of sp³-hybridized carbons (Fsp3) is 0.533. The summed E-state index contributed by atoms with van der Waals surface area (Å²) in [6.45, 7) is 3.06. The number of fused-ring (bicyclic) bond motifs is 3. The minimum absolute atomic E-state index is 0.0821. The van der Waals surface area contributed by atoms with Crippen LogP contribution in [0.15, 0.2) is 48.5 Å². The van der Waals surface area contributed by atoms with Crippen LogP contribution in [0.5, 0.6) is 5.75 Å². The molecule has 0 radical (unpaired) electrons. The van der Waals surface area contributed by atoms with Gasteiger partial charge in [0.15, 0.2) is 5.72 Å². The third kappa shape index (κ3) is 2.33. The van der Waals surface area contributed by atoms with Crippen LogP contribution < -0.4 is 9.64 Å². The lowest BCUT2D eigenvalue weighted by Crippen LogP contribution is -2.76. The summed E-state index contributed by atoms with van der Waals surface area (Å²) >= 11 is 0. The highest BCUT2D eigenvalue weighted by molar-refractivity contribution is 5.91. The molecule has 38 heavy (non-hydrogen) atoms. The molecule has 6 atom stereocenters. The largest absolute Gasteiger partial charge is 0.497 e. The Bertz CT molecular complexity index is 1330. The monoisotopic (exact) mass is 518 g/mol. The summed E-state index contributed by atoms with van der Waals surface area (Å²) in [5.41, 5.74) is -0.488. The maximum atomic E-state index is 14.1. The number of anilines is 1. The minimum atomic E-state index is -1.41. The van der Waals surface area contributed by atoms with Crippen molar-refractivity contribution < 1.29 is 28.5 Å². The van der Waals surface area contributed by atoms with Crippen LogP contribution in [-0.4, -0.2) is 68.1 Å². The molecule has 0 aromatic heterocycles. The number of benzene rings is 2. The summed E-state index contributed by atoms with van der Waals surface area (Å²) in [6, 6.07) is 15.7. The average molecular weight is 519 g/mol. The molecule has 8 heteroatoms. The van der Waals surface area contributed by atoms with E-state index < -0.39 is 40.3 Å². The first-order valence-corrected chi connectivity index (χ1v) is 13.5. The molecule has 5 aliphatic rings. The SMILES string of the molecule is CC[C@@]12CCC(=O)N3CC[C@]45c6ccc(OC)cc6N(C)C4C(C(=O)OC)(O[C@@]315)[C@@H]2OCc1ccccc1. The molecule has 4 fully saturated rings. The van der Waals surface area contributed by atoms with Gasteiger partial charge in [-0.3, -0.25) is 4.79 Å². The minimum Gasteiger partial charge on any atom is -0.497 e. The smallest absolute Gasteiger partial charge is 0.343 e. The number of amides is 1. The molecule has 2 aromatic rings. The number of likely N-dealkylation sites (N-methyl/N-ethyl adjacent to an activating group) is 1. The third-order valence-corrected chi connectivity index (χ3v) is 10.4. The van der Waals surface area contributed by atoms with Gasteiger partial charge in [0.2, 0.25) is 11.5 Å². The number of hydrogen-bond donors (Lipinski definition) is 0. The number of ether oxygens (including phenoxy) is 4. The molecule has 7 rings (SSSR count). The highest BCUT2D eigenvalue weighted by Gasteiger charge is 2.95. The molecule has 2 spiro atoms. The van der Waals surface area contributed by atoms with Crippen molar-refractivity contribution in [2.75, 3.05) is 32.7 Å². The van der Waals surface area contributed by atoms with Crippen LogP contribution in [0.25, 0.3) is 0 Å². The zero-order valence-corrected chi connectivity index (χ0v) is 22.4. The van der Waals surface area contributed by atoms with Gasteiger partial charge in [0, 0.05) is 37.2 Å². The Morgan fingerprint density at radius 3 is 2.63 bits per heavy atom. The lowest BCUT2D eigenvalue weighted by molar-refractivity contribution is -0.214. The summed E-state index contributed by atoms with van der Waals surface area (Å²) in [7, 11) is 5.09. The van der Waals surface area contributed by atoms with E-state index >= 15 is 0 Å². The van der Waals surface area contributed by atoms with Crippen molar-refractivity contribution >= 4 is 17.6 Å². The molecule has 0 N–H and O–H groups in total. The van der Waals surface area contributed by atoms with Gasteiger partial charge in [0.05, 0.1) is 32.3 Å². The van der Waals surface area contributed by atoms with Gasteiger partial charge in [-0.1, -0.05) is 43.3 Å². The first-order chi connectivity index (χ1) is 18.4. The van der Waals surface area contributed by atoms with Crippen LogP contribution in [-0.2, 0) is 35.8 Å². The van der Waals surface area contributed by atoms with Crippen LogP contribution in [0.4, 0.5) is 5.69 Å². The summed E-state index contributed by atoms with van der Waals surface area (Å²) in [5.74, 6) is 0.390. The van der Waals surface area contributed by atoms with Gasteiger partial charge in [-0.2, -0.15) is 0 Å². The maximum Gasteiger partial charge on any atom is 0.343 e. The van der Waals surface area contributed by atoms with E-state index in [4.69, 9.17) is 18.9 Å². The predicted octanol–water partition coefficient (Wildman–Crippen LogP) is 3.41. The van der Waals surface area contributed by atoms with E-state index in [2.05, 4.69) is 17.9 Å². The normalized spacial score (nSPS) is 37.7. The second-order valence-corrected chi connectivity index (χ2v) is 11.4. The number of rotatable bonds is 6. The average Bonchev–Trinajstić information content (AvgIpc) is 3.60. The van der Waals surface area contributed by atoms with Gasteiger partial charge >= 0.3 is 5.97 Å². The van der Waals surface area contributed by atoms with Crippen LogP contribution in [0.1, 0.15) is 43.7 Å². The Morgan fingerprint density at radius 2 is 1.92 bits per heavy atom. The number of piperidine rings is 1. The van der Waals surface area contributed by atoms with E-state index in [9.17, 15) is 9.59 Å². The second kappa shape index (κ2) is 7.73. The van der Waals surface area contributed by atoms with Gasteiger partial charge in [0.25, 0.3) is 0 Å². The topological polar surface area (TPSA) is 77.5 Å². The second-order valence-electron chi connectivity index (χ2n) is 11.4. The quantitative estimate of drug-likeness (QED) is 0.543. The molecule has 5 heterocycles. The van der Waals surface area contributed by atoms with Crippen molar-refractivity contribution in [1.29, 1.82) is 0 Å². The van der Waals surface area contributed by atoms with E-state index in [0.29, 0.717) is 38.8 Å². The first kappa shape index (κ1) is 24.0. The Morgan fingerprint density at radius 1 is 1.13 bits per heavy atom. The fourth-order valence-electron chi connectivity index (χ4n) is 9.24. The Hall–Kier alpha value is -3.10. The lowest BCUT2D eigenvalue weighted by Gasteiger charge is -2.60. The number of carbonyl (C=O) groups is 2. The number of methoxy groups -OCH3 is 2. The predicted molar refractivity (Wildman–Crippen MR) is 139 cm³/mol. The maximum absolute atomic E-state index is 14.1. The molecule has 2 unspecified atom stereocenters. The van der Waals surface area contributed by atoms with Crippen molar-refractivity contribution in [3.63, 3.8) is 0 Å². The molecular formula is C30H34N2O6. The highest BCUT2D eigenvalue weighted by atomic mass is 16.6. The van der Waals surface area contributed by atoms with Gasteiger partial charge in [0.1, 0.15) is 11.9 Å². The summed E-state index contributed by atoms with van der Waals surface area (Å²) in [4.78, 5) is 31.9. The van der Waals surface area contributed by atoms with Crippen LogP contribution >= 0.6 is 0 Å². The fourth-order valence-corrected chi connectivity index (χ4v) is 9.24. The molecule has 8 nitrogen and oxygen atoms in total. The van der Waals surface area contributed by atoms with Crippen molar-refractivity contribution in [3.8, 4) is 5.75 Å². The molecule has 5 aliphatic heterocycles. The molecule has 1 amide bonds. The van der Waals surface area contributed by atoms with E-state index in [1.165, 1.54) is 7.11 Å². The van der Waals surface area contributed by atoms with E-state index in [-0.39, 0.29) is 5.91 Å². The van der Waals surface area contributed by atoms with E-state index in [1.54, 1.807) is 7.11 Å². The summed E-state index contributed by atoms with van der Waals surface area (Å²) in [6.07, 6.45) is 1.82. The Labute approximate surface area is 222 Å². The number of esters is 1. The molecule has 2 bridgehead atoms. The number of hydrogen-bond acceptors (Lipinski definition) is 7. The van der Waals surface area contributed by atoms with Gasteiger partial charge < -0.3 is 28.7 Å². The Kier molecular flexibility index (Phi) is 4.88. The Balaban J connectivity index is 1.50. The van der Waals surface area contributed by atoms with Crippen molar-refractivity contribution in [2.45, 2.75) is 68.1 Å². The zero-order valence-electron chi connectivity index (χ0n) is 22.4. The first-order valence-electron chi connectivity index (χ1n) is 13.5.